The molecule has 0 saturated carbocycles. The van der Waals surface area contributed by atoms with E-state index in [0.717, 1.165) is 0 Å². The summed E-state index contributed by atoms with van der Waals surface area (Å²) in [4.78, 5) is 0. The highest BCUT2D eigenvalue weighted by Crippen LogP contribution is 2.48. The van der Waals surface area contributed by atoms with Crippen molar-refractivity contribution in [2.45, 2.75) is 80.1 Å². The summed E-state index contributed by atoms with van der Waals surface area (Å²) in [5.74, 6) is 0. The Labute approximate surface area is 142 Å². The van der Waals surface area contributed by atoms with Crippen LogP contribution in [0.15, 0.2) is 0 Å². The zero-order chi connectivity index (χ0) is 16.8. The molecule has 134 valence electrons. The van der Waals surface area contributed by atoms with E-state index in [2.05, 4.69) is 55.6 Å². The molecular formula is C18H43N3P+. The number of hydrogen-bond donors (Lipinski definition) is 0. The molecule has 0 bridgehead atoms. The van der Waals surface area contributed by atoms with Crippen molar-refractivity contribution in [1.29, 1.82) is 0 Å². The smallest absolute Gasteiger partial charge is 0.150 e. The molecule has 0 rings (SSSR count). The van der Waals surface area contributed by atoms with Crippen LogP contribution in [-0.4, -0.2) is 53.3 Å². The van der Waals surface area contributed by atoms with Crippen LogP contribution >= 0.6 is 8.37 Å². The van der Waals surface area contributed by atoms with Crippen molar-refractivity contribution in [2.75, 3.05) is 39.3 Å². The van der Waals surface area contributed by atoms with E-state index in [1.165, 1.54) is 77.8 Å². The molecule has 0 spiro atoms. The molecule has 0 aliphatic heterocycles. The largest absolute Gasteiger partial charge is 0.213 e. The fourth-order valence-electron chi connectivity index (χ4n) is 3.15. The van der Waals surface area contributed by atoms with Crippen LogP contribution in [0.25, 0.3) is 0 Å². The van der Waals surface area contributed by atoms with Crippen molar-refractivity contribution in [2.24, 2.45) is 0 Å². The number of rotatable bonds is 15. The number of nitrogens with zero attached hydrogens (tertiary/aromatic N) is 3. The van der Waals surface area contributed by atoms with E-state index >= 15 is 0 Å². The van der Waals surface area contributed by atoms with Crippen LogP contribution in [0.1, 0.15) is 80.1 Å². The molecule has 22 heavy (non-hydrogen) atoms. The molecule has 0 fully saturated rings. The zero-order valence-corrected chi connectivity index (χ0v) is 17.3. The van der Waals surface area contributed by atoms with Crippen LogP contribution in [0.3, 0.4) is 0 Å². The first-order valence-electron chi connectivity index (χ1n) is 9.81. The van der Waals surface area contributed by atoms with Gasteiger partial charge < -0.3 is 0 Å². The van der Waals surface area contributed by atoms with E-state index in [4.69, 9.17) is 0 Å². The van der Waals surface area contributed by atoms with Gasteiger partial charge in [0.25, 0.3) is 0 Å². The second kappa shape index (κ2) is 14.9. The van der Waals surface area contributed by atoms with Gasteiger partial charge in [-0.05, 0) is 38.5 Å². The molecule has 0 aromatic carbocycles. The van der Waals surface area contributed by atoms with Gasteiger partial charge in [0.05, 0.1) is 0 Å². The maximum atomic E-state index is 2.83. The summed E-state index contributed by atoms with van der Waals surface area (Å²) in [6, 6.07) is 0. The lowest BCUT2D eigenvalue weighted by atomic mass is 10.4. The van der Waals surface area contributed by atoms with E-state index in [1.54, 1.807) is 0 Å². The summed E-state index contributed by atoms with van der Waals surface area (Å²) in [6.45, 7) is 21.5. The third kappa shape index (κ3) is 8.24. The molecule has 0 atom stereocenters. The molecule has 0 aliphatic rings. The van der Waals surface area contributed by atoms with E-state index in [9.17, 15) is 0 Å². The van der Waals surface area contributed by atoms with Crippen LogP contribution in [0.4, 0.5) is 0 Å². The molecule has 0 N–H and O–H groups in total. The fourth-order valence-corrected chi connectivity index (χ4v) is 6.90. The fraction of sp³-hybridized carbons (Fsp3) is 1.00. The molecule has 0 aromatic rings. The minimum atomic E-state index is -0.735. The monoisotopic (exact) mass is 332 g/mol. The van der Waals surface area contributed by atoms with E-state index < -0.39 is 8.37 Å². The Kier molecular flexibility index (Phi) is 15.1. The molecule has 0 unspecified atom stereocenters. The average Bonchev–Trinajstić information content (AvgIpc) is 2.49. The van der Waals surface area contributed by atoms with Crippen molar-refractivity contribution in [3.63, 3.8) is 0 Å². The molecule has 0 saturated heterocycles. The highest BCUT2D eigenvalue weighted by Gasteiger charge is 2.36. The Bertz CT molecular complexity index is 182. The minimum absolute atomic E-state index is 0.735. The summed E-state index contributed by atoms with van der Waals surface area (Å²) >= 11 is 0. The molecule has 0 aromatic heterocycles. The molecule has 0 aliphatic carbocycles. The van der Waals surface area contributed by atoms with Gasteiger partial charge in [0, 0.05) is 39.3 Å². The highest BCUT2D eigenvalue weighted by atomic mass is 31.2. The van der Waals surface area contributed by atoms with Crippen LogP contribution < -0.4 is 0 Å². The Morgan fingerprint density at radius 1 is 0.409 bits per heavy atom. The third-order valence-electron chi connectivity index (χ3n) is 3.81. The highest BCUT2D eigenvalue weighted by molar-refractivity contribution is 7.50. The lowest BCUT2D eigenvalue weighted by Gasteiger charge is -2.37. The standard InChI is InChI=1S/C18H42N3P/c1-7-13-19(14-8-2)22(20(15-9-3)16-10-4)21(17-11-5)18-12-6/h7-18H2,1-6H3/p+1. The summed E-state index contributed by atoms with van der Waals surface area (Å²) in [5, 5.41) is 0. The van der Waals surface area contributed by atoms with Gasteiger partial charge >= 0.3 is 0 Å². The first kappa shape index (κ1) is 22.3. The quantitative estimate of drug-likeness (QED) is 0.376. The predicted molar refractivity (Wildman–Crippen MR) is 105 cm³/mol. The molecule has 0 radical (unpaired) electrons. The maximum Gasteiger partial charge on any atom is 0.213 e. The second-order valence-corrected chi connectivity index (χ2v) is 8.76. The number of hydrogen-bond acceptors (Lipinski definition) is 3. The van der Waals surface area contributed by atoms with Gasteiger partial charge in [-0.2, -0.15) is 14.0 Å². The molecule has 3 nitrogen and oxygen atoms in total. The van der Waals surface area contributed by atoms with Crippen molar-refractivity contribution in [3.8, 4) is 0 Å². The second-order valence-electron chi connectivity index (χ2n) is 6.26. The molecule has 4 heteroatoms. The minimum Gasteiger partial charge on any atom is -0.150 e. The van der Waals surface area contributed by atoms with Gasteiger partial charge in [-0.15, -0.1) is 0 Å². The van der Waals surface area contributed by atoms with E-state index in [-0.39, 0.29) is 0 Å². The summed E-state index contributed by atoms with van der Waals surface area (Å²) in [5.41, 5.74) is 0. The van der Waals surface area contributed by atoms with Crippen LogP contribution in [0.2, 0.25) is 0 Å². The first-order chi connectivity index (χ1) is 10.7. The molecule has 0 heterocycles. The van der Waals surface area contributed by atoms with Gasteiger partial charge in [0.2, 0.25) is 8.37 Å². The predicted octanol–water partition coefficient (Wildman–Crippen LogP) is 5.31. The SMILES string of the molecule is CCCN(CCC)[PH+](N(CCC)CCC)N(CCC)CCC. The Morgan fingerprint density at radius 3 is 0.727 bits per heavy atom. The third-order valence-corrected chi connectivity index (χ3v) is 6.85. The van der Waals surface area contributed by atoms with E-state index in [1.807, 2.05) is 0 Å². The molecular weight excluding hydrogens is 289 g/mol. The normalized spacial score (nSPS) is 12.3. The maximum absolute atomic E-state index is 2.83. The van der Waals surface area contributed by atoms with Crippen molar-refractivity contribution >= 4 is 8.37 Å². The van der Waals surface area contributed by atoms with Crippen molar-refractivity contribution < 1.29 is 0 Å². The van der Waals surface area contributed by atoms with Gasteiger partial charge in [-0.25, -0.2) is 0 Å². The van der Waals surface area contributed by atoms with Gasteiger partial charge in [-0.3, -0.25) is 0 Å². The van der Waals surface area contributed by atoms with E-state index in [0.29, 0.717) is 0 Å². The summed E-state index contributed by atoms with van der Waals surface area (Å²) in [6.07, 6.45) is 7.62. The van der Waals surface area contributed by atoms with Crippen molar-refractivity contribution in [3.05, 3.63) is 0 Å². The lowest BCUT2D eigenvalue weighted by Crippen LogP contribution is -2.40. The van der Waals surface area contributed by atoms with Gasteiger partial charge in [-0.1, -0.05) is 41.5 Å². The van der Waals surface area contributed by atoms with Crippen LogP contribution in [0.5, 0.6) is 0 Å². The molecule has 0 amide bonds. The summed E-state index contributed by atoms with van der Waals surface area (Å²) in [7, 11) is -0.735. The lowest BCUT2D eigenvalue weighted by molar-refractivity contribution is 0.313. The topological polar surface area (TPSA) is 9.72 Å². The zero-order valence-electron chi connectivity index (χ0n) is 16.3. The Balaban J connectivity index is 5.34. The van der Waals surface area contributed by atoms with Gasteiger partial charge in [0.1, 0.15) is 0 Å². The van der Waals surface area contributed by atoms with Crippen LogP contribution in [0, 0.1) is 0 Å². The Morgan fingerprint density at radius 2 is 0.591 bits per heavy atom. The summed E-state index contributed by atoms with van der Waals surface area (Å²) < 4.78 is 8.50. The van der Waals surface area contributed by atoms with Crippen molar-refractivity contribution in [1.82, 2.24) is 14.0 Å². The Hall–Kier alpha value is 0.310. The first-order valence-corrected chi connectivity index (χ1v) is 11.2. The van der Waals surface area contributed by atoms with Gasteiger partial charge in [0.15, 0.2) is 0 Å². The average molecular weight is 333 g/mol. The van der Waals surface area contributed by atoms with Crippen LogP contribution in [-0.2, 0) is 0 Å².